The van der Waals surface area contributed by atoms with Crippen LogP contribution in [0.3, 0.4) is 0 Å². The maximum atomic E-state index is 12.2. The Balaban J connectivity index is 2.03. The summed E-state index contributed by atoms with van der Waals surface area (Å²) in [4.78, 5) is 12.2. The van der Waals surface area contributed by atoms with Crippen molar-refractivity contribution in [2.24, 2.45) is 0 Å². The van der Waals surface area contributed by atoms with E-state index in [0.717, 1.165) is 5.69 Å². The highest BCUT2D eigenvalue weighted by Gasteiger charge is 2.23. The van der Waals surface area contributed by atoms with Gasteiger partial charge in [0.2, 0.25) is 11.6 Å². The van der Waals surface area contributed by atoms with Gasteiger partial charge in [-0.05, 0) is 30.3 Å². The number of esters is 1. The zero-order valence-corrected chi connectivity index (χ0v) is 14.4. The topological polar surface area (TPSA) is 57.3 Å². The van der Waals surface area contributed by atoms with E-state index in [9.17, 15) is 4.79 Å². The molecule has 0 aliphatic heterocycles. The number of benzene rings is 1. The molecule has 24 heavy (non-hydrogen) atoms. The number of nitrogens with zero attached hydrogens (tertiary/aromatic N) is 2. The normalized spacial score (nSPS) is 11.5. The van der Waals surface area contributed by atoms with Crippen molar-refractivity contribution in [3.05, 3.63) is 65.2 Å². The number of furan rings is 1. The lowest BCUT2D eigenvalue weighted by atomic mass is 9.93. The fourth-order valence-corrected chi connectivity index (χ4v) is 2.32. The number of rotatable bonds is 3. The molecule has 0 radical (unpaired) electrons. The van der Waals surface area contributed by atoms with Gasteiger partial charge >= 0.3 is 5.97 Å². The van der Waals surface area contributed by atoms with Crippen molar-refractivity contribution in [2.45, 2.75) is 26.2 Å². The Hall–Kier alpha value is -2.53. The summed E-state index contributed by atoms with van der Waals surface area (Å²) >= 11 is 6.07. The third-order valence-electron chi connectivity index (χ3n) is 3.42. The zero-order valence-electron chi connectivity index (χ0n) is 13.6. The van der Waals surface area contributed by atoms with E-state index in [2.05, 4.69) is 5.10 Å². The van der Waals surface area contributed by atoms with Crippen LogP contribution in [0, 0.1) is 0 Å². The first-order chi connectivity index (χ1) is 11.3. The summed E-state index contributed by atoms with van der Waals surface area (Å²) in [5, 5.41) is 5.15. The highest BCUT2D eigenvalue weighted by atomic mass is 35.5. The molecule has 0 N–H and O–H groups in total. The molecular formula is C18H17ClN2O3. The minimum absolute atomic E-state index is 0.131. The van der Waals surface area contributed by atoms with Gasteiger partial charge < -0.3 is 9.15 Å². The van der Waals surface area contributed by atoms with Gasteiger partial charge in [0.15, 0.2) is 0 Å². The van der Waals surface area contributed by atoms with Gasteiger partial charge in [0.05, 0.1) is 17.6 Å². The van der Waals surface area contributed by atoms with Gasteiger partial charge in [-0.3, -0.25) is 0 Å². The third-order valence-corrected chi connectivity index (χ3v) is 3.65. The van der Waals surface area contributed by atoms with Crippen molar-refractivity contribution in [3.8, 4) is 11.6 Å². The van der Waals surface area contributed by atoms with Crippen molar-refractivity contribution >= 4 is 17.6 Å². The molecular weight excluding hydrogens is 328 g/mol. The second kappa shape index (κ2) is 6.17. The van der Waals surface area contributed by atoms with E-state index in [1.807, 2.05) is 32.9 Å². The highest BCUT2D eigenvalue weighted by molar-refractivity contribution is 6.30. The fraction of sp³-hybridized carbons (Fsp3) is 0.222. The van der Waals surface area contributed by atoms with Crippen LogP contribution < -0.4 is 4.74 Å². The number of hydrogen-bond acceptors (Lipinski definition) is 4. The number of halogens is 1. The van der Waals surface area contributed by atoms with Gasteiger partial charge in [-0.1, -0.05) is 38.4 Å². The molecule has 0 unspecified atom stereocenters. The highest BCUT2D eigenvalue weighted by Crippen LogP contribution is 2.28. The van der Waals surface area contributed by atoms with Crippen LogP contribution in [0.15, 0.2) is 53.1 Å². The number of aromatic nitrogens is 2. The maximum absolute atomic E-state index is 12.2. The molecule has 0 saturated heterocycles. The van der Waals surface area contributed by atoms with Crippen LogP contribution >= 0.6 is 11.6 Å². The summed E-state index contributed by atoms with van der Waals surface area (Å²) in [6, 6.07) is 12.1. The van der Waals surface area contributed by atoms with E-state index in [1.54, 1.807) is 35.0 Å². The van der Waals surface area contributed by atoms with Crippen molar-refractivity contribution in [1.29, 1.82) is 0 Å². The van der Waals surface area contributed by atoms with Crippen LogP contribution in [-0.4, -0.2) is 15.7 Å². The van der Waals surface area contributed by atoms with Crippen LogP contribution in [0.25, 0.3) is 5.69 Å². The molecule has 3 rings (SSSR count). The van der Waals surface area contributed by atoms with Crippen molar-refractivity contribution in [2.75, 3.05) is 0 Å². The zero-order chi connectivity index (χ0) is 17.3. The smallest absolute Gasteiger partial charge is 0.380 e. The Morgan fingerprint density at radius 2 is 2.00 bits per heavy atom. The predicted octanol–water partition coefficient (Wildman–Crippen LogP) is 4.64. The first-order valence-corrected chi connectivity index (χ1v) is 7.84. The van der Waals surface area contributed by atoms with E-state index < -0.39 is 5.97 Å². The minimum atomic E-state index is -0.580. The molecule has 6 heteroatoms. The largest absolute Gasteiger partial charge is 0.457 e. The molecule has 2 heterocycles. The average Bonchev–Trinajstić information content (AvgIpc) is 3.16. The summed E-state index contributed by atoms with van der Waals surface area (Å²) in [7, 11) is 0. The first kappa shape index (κ1) is 16.3. The second-order valence-electron chi connectivity index (χ2n) is 6.38. The standard InChI is InChI=1S/C18H17ClN2O3/c1-18(2,3)15-11-16(24-17(22)14-8-5-9-23-14)21(20-15)13-7-4-6-12(19)10-13/h4-11H,1-3H3. The summed E-state index contributed by atoms with van der Waals surface area (Å²) < 4.78 is 12.1. The number of ether oxygens (including phenoxy) is 1. The summed E-state index contributed by atoms with van der Waals surface area (Å²) in [6.45, 7) is 6.11. The molecule has 0 aliphatic carbocycles. The third kappa shape index (κ3) is 3.36. The molecule has 2 aromatic heterocycles. The van der Waals surface area contributed by atoms with E-state index >= 15 is 0 Å². The van der Waals surface area contributed by atoms with Gasteiger partial charge in [-0.25, -0.2) is 9.48 Å². The van der Waals surface area contributed by atoms with Gasteiger partial charge in [-0.2, -0.15) is 5.10 Å². The van der Waals surface area contributed by atoms with Crippen LogP contribution in [0.2, 0.25) is 5.02 Å². The van der Waals surface area contributed by atoms with Gasteiger partial charge in [0.25, 0.3) is 0 Å². The van der Waals surface area contributed by atoms with Crippen LogP contribution in [0.5, 0.6) is 5.88 Å². The van der Waals surface area contributed by atoms with Gasteiger partial charge in [-0.15, -0.1) is 0 Å². The van der Waals surface area contributed by atoms with Gasteiger partial charge in [0, 0.05) is 16.5 Å². The van der Waals surface area contributed by atoms with Crippen molar-refractivity contribution in [1.82, 2.24) is 9.78 Å². The quantitative estimate of drug-likeness (QED) is 0.650. The summed E-state index contributed by atoms with van der Waals surface area (Å²) in [6.07, 6.45) is 1.42. The Bertz CT molecular complexity index is 861. The number of carbonyl (C=O) groups excluding carboxylic acids is 1. The lowest BCUT2D eigenvalue weighted by molar-refractivity contribution is 0.0689. The SMILES string of the molecule is CC(C)(C)c1cc(OC(=O)c2ccco2)n(-c2cccc(Cl)c2)n1. The predicted molar refractivity (Wildman–Crippen MR) is 90.9 cm³/mol. The lowest BCUT2D eigenvalue weighted by Gasteiger charge is -2.13. The van der Waals surface area contributed by atoms with E-state index in [-0.39, 0.29) is 11.2 Å². The summed E-state index contributed by atoms with van der Waals surface area (Å²) in [5.74, 6) is -0.140. The molecule has 124 valence electrons. The molecule has 0 atom stereocenters. The monoisotopic (exact) mass is 344 g/mol. The molecule has 0 spiro atoms. The van der Waals surface area contributed by atoms with Crippen molar-refractivity contribution in [3.63, 3.8) is 0 Å². The minimum Gasteiger partial charge on any atom is -0.457 e. The molecule has 5 nitrogen and oxygen atoms in total. The Morgan fingerprint density at radius 1 is 1.21 bits per heavy atom. The van der Waals surface area contributed by atoms with Crippen LogP contribution in [-0.2, 0) is 5.41 Å². The molecule has 0 bridgehead atoms. The van der Waals surface area contributed by atoms with Crippen molar-refractivity contribution < 1.29 is 13.9 Å². The Morgan fingerprint density at radius 3 is 2.62 bits per heavy atom. The molecule has 0 fully saturated rings. The molecule has 0 amide bonds. The van der Waals surface area contributed by atoms with E-state index in [1.165, 1.54) is 6.26 Å². The molecule has 1 aromatic carbocycles. The Kier molecular flexibility index (Phi) is 4.20. The fourth-order valence-electron chi connectivity index (χ4n) is 2.14. The summed E-state index contributed by atoms with van der Waals surface area (Å²) in [5.41, 5.74) is 1.31. The van der Waals surface area contributed by atoms with E-state index in [4.69, 9.17) is 20.8 Å². The maximum Gasteiger partial charge on any atom is 0.380 e. The number of carbonyl (C=O) groups is 1. The lowest BCUT2D eigenvalue weighted by Crippen LogP contribution is -2.13. The average molecular weight is 345 g/mol. The Labute approximate surface area is 144 Å². The van der Waals surface area contributed by atoms with Crippen LogP contribution in [0.4, 0.5) is 0 Å². The van der Waals surface area contributed by atoms with E-state index in [0.29, 0.717) is 16.6 Å². The molecule has 0 aliphatic rings. The van der Waals surface area contributed by atoms with Crippen LogP contribution in [0.1, 0.15) is 37.0 Å². The van der Waals surface area contributed by atoms with Gasteiger partial charge in [0.1, 0.15) is 0 Å². The first-order valence-electron chi connectivity index (χ1n) is 7.47. The molecule has 0 saturated carbocycles. The second-order valence-corrected chi connectivity index (χ2v) is 6.81. The number of hydrogen-bond donors (Lipinski definition) is 0. The molecule has 3 aromatic rings.